The van der Waals surface area contributed by atoms with Gasteiger partial charge < -0.3 is 10.0 Å². The minimum atomic E-state index is 0.00519. The van der Waals surface area contributed by atoms with Crippen LogP contribution in [0.5, 0.6) is 0 Å². The molecule has 1 aromatic heterocycles. The van der Waals surface area contributed by atoms with Crippen molar-refractivity contribution in [2.75, 3.05) is 11.9 Å². The second-order valence-corrected chi connectivity index (χ2v) is 4.51. The van der Waals surface area contributed by atoms with Gasteiger partial charge in [0.05, 0.1) is 12.3 Å². The Labute approximate surface area is 107 Å². The highest BCUT2D eigenvalue weighted by Crippen LogP contribution is 2.30. The summed E-state index contributed by atoms with van der Waals surface area (Å²) in [5, 5.41) is 13.9. The number of anilines is 2. The summed E-state index contributed by atoms with van der Waals surface area (Å²) < 4.78 is 1.81. The van der Waals surface area contributed by atoms with Gasteiger partial charge in [-0.15, -0.1) is 0 Å². The molecule has 2 rings (SSSR count). The Hall–Kier alpha value is -1.81. The number of aliphatic hydroxyl groups excluding tert-OH is 1. The number of benzene rings is 1. The van der Waals surface area contributed by atoms with E-state index in [9.17, 15) is 5.11 Å². The highest BCUT2D eigenvalue weighted by molar-refractivity contribution is 5.66. The normalized spacial score (nSPS) is 10.7. The van der Waals surface area contributed by atoms with Gasteiger partial charge in [0, 0.05) is 25.3 Å². The summed E-state index contributed by atoms with van der Waals surface area (Å²) >= 11 is 0. The first-order chi connectivity index (χ1) is 8.56. The van der Waals surface area contributed by atoms with E-state index in [2.05, 4.69) is 29.1 Å². The molecule has 96 valence electrons. The average Bonchev–Trinajstić information content (AvgIpc) is 2.63. The topological polar surface area (TPSA) is 41.3 Å². The molecular formula is C14H19N3O. The summed E-state index contributed by atoms with van der Waals surface area (Å²) in [4.78, 5) is 2.07. The van der Waals surface area contributed by atoms with Crippen molar-refractivity contribution in [1.82, 2.24) is 9.78 Å². The molecule has 18 heavy (non-hydrogen) atoms. The van der Waals surface area contributed by atoms with Crippen molar-refractivity contribution in [1.29, 1.82) is 0 Å². The predicted molar refractivity (Wildman–Crippen MR) is 73.1 cm³/mol. The van der Waals surface area contributed by atoms with E-state index in [4.69, 9.17) is 0 Å². The van der Waals surface area contributed by atoms with Gasteiger partial charge in [0.1, 0.15) is 5.82 Å². The molecule has 0 aliphatic heterocycles. The number of aromatic nitrogens is 2. The molecule has 0 fully saturated rings. The standard InChI is InChI=1S/C14H19N3O/c1-10-7-5-6-8-13(10)16(3)14-12(9-18)11(2)15-17(14)4/h5-8,18H,9H2,1-4H3. The molecule has 2 aromatic rings. The third-order valence-electron chi connectivity index (χ3n) is 3.27. The summed E-state index contributed by atoms with van der Waals surface area (Å²) in [7, 11) is 3.90. The molecule has 0 aliphatic carbocycles. The highest BCUT2D eigenvalue weighted by Gasteiger charge is 2.18. The number of aryl methyl sites for hydroxylation is 3. The molecule has 0 saturated heterocycles. The lowest BCUT2D eigenvalue weighted by atomic mass is 10.1. The maximum Gasteiger partial charge on any atom is 0.136 e. The predicted octanol–water partition coefficient (Wildman–Crippen LogP) is 2.30. The summed E-state index contributed by atoms with van der Waals surface area (Å²) in [6.07, 6.45) is 0. The van der Waals surface area contributed by atoms with Crippen LogP contribution in [0.4, 0.5) is 11.5 Å². The number of rotatable bonds is 3. The van der Waals surface area contributed by atoms with Crippen LogP contribution in [0.2, 0.25) is 0 Å². The lowest BCUT2D eigenvalue weighted by Gasteiger charge is -2.22. The number of hydrogen-bond acceptors (Lipinski definition) is 3. The molecule has 0 aliphatic rings. The second-order valence-electron chi connectivity index (χ2n) is 4.51. The van der Waals surface area contributed by atoms with Crippen molar-refractivity contribution >= 4 is 11.5 Å². The molecule has 0 atom stereocenters. The lowest BCUT2D eigenvalue weighted by Crippen LogP contribution is -2.16. The van der Waals surface area contributed by atoms with Gasteiger partial charge in [-0.1, -0.05) is 18.2 Å². The zero-order valence-corrected chi connectivity index (χ0v) is 11.3. The van der Waals surface area contributed by atoms with E-state index in [1.165, 1.54) is 5.56 Å². The van der Waals surface area contributed by atoms with Gasteiger partial charge >= 0.3 is 0 Å². The molecule has 0 saturated carbocycles. The van der Waals surface area contributed by atoms with Crippen molar-refractivity contribution in [2.45, 2.75) is 20.5 Å². The van der Waals surface area contributed by atoms with Crippen molar-refractivity contribution in [3.63, 3.8) is 0 Å². The number of nitrogens with zero attached hydrogens (tertiary/aromatic N) is 3. The summed E-state index contributed by atoms with van der Waals surface area (Å²) in [6, 6.07) is 8.18. The monoisotopic (exact) mass is 245 g/mol. The van der Waals surface area contributed by atoms with Crippen LogP contribution < -0.4 is 4.90 Å². The van der Waals surface area contributed by atoms with E-state index in [1.54, 1.807) is 0 Å². The fraction of sp³-hybridized carbons (Fsp3) is 0.357. The van der Waals surface area contributed by atoms with E-state index in [0.29, 0.717) is 0 Å². The minimum absolute atomic E-state index is 0.00519. The third-order valence-corrected chi connectivity index (χ3v) is 3.27. The zero-order chi connectivity index (χ0) is 13.3. The fourth-order valence-corrected chi connectivity index (χ4v) is 2.35. The highest BCUT2D eigenvalue weighted by atomic mass is 16.3. The van der Waals surface area contributed by atoms with Crippen molar-refractivity contribution in [3.05, 3.63) is 41.1 Å². The molecular weight excluding hydrogens is 226 g/mol. The third kappa shape index (κ3) is 1.99. The van der Waals surface area contributed by atoms with Crippen LogP contribution in [0.3, 0.4) is 0 Å². The van der Waals surface area contributed by atoms with Crippen molar-refractivity contribution in [3.8, 4) is 0 Å². The molecule has 4 heteroatoms. The molecule has 1 N–H and O–H groups in total. The van der Waals surface area contributed by atoms with Crippen LogP contribution in [0.15, 0.2) is 24.3 Å². The number of aliphatic hydroxyl groups is 1. The first-order valence-corrected chi connectivity index (χ1v) is 5.99. The minimum Gasteiger partial charge on any atom is -0.391 e. The van der Waals surface area contributed by atoms with Gasteiger partial charge in [0.2, 0.25) is 0 Å². The Kier molecular flexibility index (Phi) is 3.39. The molecule has 0 spiro atoms. The number of hydrogen-bond donors (Lipinski definition) is 1. The van der Waals surface area contributed by atoms with Gasteiger partial charge in [-0.2, -0.15) is 5.10 Å². The Morgan fingerprint density at radius 2 is 1.94 bits per heavy atom. The van der Waals surface area contributed by atoms with Crippen LogP contribution >= 0.6 is 0 Å². The first-order valence-electron chi connectivity index (χ1n) is 5.99. The lowest BCUT2D eigenvalue weighted by molar-refractivity contribution is 0.281. The molecule has 0 bridgehead atoms. The van der Waals surface area contributed by atoms with Crippen LogP contribution in [-0.2, 0) is 13.7 Å². The van der Waals surface area contributed by atoms with Gasteiger partial charge in [0.15, 0.2) is 0 Å². The Balaban J connectivity index is 2.53. The summed E-state index contributed by atoms with van der Waals surface area (Å²) in [6.45, 7) is 4.00. The van der Waals surface area contributed by atoms with Crippen LogP contribution in [0.25, 0.3) is 0 Å². The van der Waals surface area contributed by atoms with Gasteiger partial charge in [0.25, 0.3) is 0 Å². The van der Waals surface area contributed by atoms with Crippen molar-refractivity contribution in [2.24, 2.45) is 7.05 Å². The summed E-state index contributed by atoms with van der Waals surface area (Å²) in [5.41, 5.74) is 4.07. The second kappa shape index (κ2) is 4.82. The van der Waals surface area contributed by atoms with Crippen LogP contribution in [0.1, 0.15) is 16.8 Å². The smallest absolute Gasteiger partial charge is 0.136 e. The maximum absolute atomic E-state index is 9.50. The van der Waals surface area contributed by atoms with Crippen LogP contribution in [-0.4, -0.2) is 21.9 Å². The van der Waals surface area contributed by atoms with E-state index >= 15 is 0 Å². The van der Waals surface area contributed by atoms with Crippen molar-refractivity contribution < 1.29 is 5.11 Å². The molecule has 0 amide bonds. The molecule has 0 unspecified atom stereocenters. The van der Waals surface area contributed by atoms with E-state index in [1.807, 2.05) is 37.8 Å². The zero-order valence-electron chi connectivity index (χ0n) is 11.3. The van der Waals surface area contributed by atoms with E-state index in [-0.39, 0.29) is 6.61 Å². The van der Waals surface area contributed by atoms with Gasteiger partial charge in [-0.05, 0) is 25.5 Å². The quantitative estimate of drug-likeness (QED) is 0.902. The van der Waals surface area contributed by atoms with E-state index in [0.717, 1.165) is 22.8 Å². The average molecular weight is 245 g/mol. The maximum atomic E-state index is 9.50. The molecule has 0 radical (unpaired) electrons. The van der Waals surface area contributed by atoms with Gasteiger partial charge in [-0.3, -0.25) is 4.68 Å². The largest absolute Gasteiger partial charge is 0.391 e. The Morgan fingerprint density at radius 3 is 2.56 bits per heavy atom. The molecule has 1 heterocycles. The fourth-order valence-electron chi connectivity index (χ4n) is 2.35. The molecule has 1 aromatic carbocycles. The summed E-state index contributed by atoms with van der Waals surface area (Å²) in [5.74, 6) is 0.935. The number of para-hydroxylation sites is 1. The van der Waals surface area contributed by atoms with Crippen LogP contribution in [0, 0.1) is 13.8 Å². The molecule has 4 nitrogen and oxygen atoms in total. The Bertz CT molecular complexity index is 560. The first kappa shape index (κ1) is 12.6. The van der Waals surface area contributed by atoms with E-state index < -0.39 is 0 Å². The Morgan fingerprint density at radius 1 is 1.28 bits per heavy atom. The van der Waals surface area contributed by atoms with Gasteiger partial charge in [-0.25, -0.2) is 0 Å². The SMILES string of the molecule is Cc1ccccc1N(C)c1c(CO)c(C)nn1C.